The van der Waals surface area contributed by atoms with E-state index in [-0.39, 0.29) is 11.5 Å². The first-order valence-electron chi connectivity index (χ1n) is 12.1. The van der Waals surface area contributed by atoms with Gasteiger partial charge in [-0.05, 0) is 68.0 Å². The molecule has 0 unspecified atom stereocenters. The number of amides is 1. The third-order valence-electron chi connectivity index (χ3n) is 7.07. The van der Waals surface area contributed by atoms with E-state index in [1.54, 1.807) is 13.3 Å². The molecule has 0 spiro atoms. The van der Waals surface area contributed by atoms with Gasteiger partial charge >= 0.3 is 0 Å². The van der Waals surface area contributed by atoms with E-state index in [2.05, 4.69) is 21.7 Å². The van der Waals surface area contributed by atoms with Gasteiger partial charge in [0, 0.05) is 30.7 Å². The van der Waals surface area contributed by atoms with Crippen molar-refractivity contribution in [1.82, 2.24) is 15.4 Å². The number of fused-ring (bicyclic) bond motifs is 1. The topological polar surface area (TPSA) is 74.7 Å². The number of carbonyl (C=O) groups is 1. The van der Waals surface area contributed by atoms with Crippen molar-refractivity contribution in [2.24, 2.45) is 5.41 Å². The molecule has 1 aromatic heterocycles. The van der Waals surface area contributed by atoms with Crippen LogP contribution < -0.4 is 10.2 Å². The zero-order valence-corrected chi connectivity index (χ0v) is 21.2. The van der Waals surface area contributed by atoms with Crippen LogP contribution in [0.3, 0.4) is 0 Å². The number of hydrogen-bond acceptors (Lipinski definition) is 5. The SMILES string of the molecule is COc1ccc2ncc(Cl)c(CCCC3(C(=O)NO)CCN(CC#Cc4ccc(F)cc4F)CC3)c2c1. The number of hydroxylamine groups is 1. The fourth-order valence-corrected chi connectivity index (χ4v) is 5.12. The number of piperidine rings is 1. The Hall–Kier alpha value is -3.25. The van der Waals surface area contributed by atoms with E-state index in [9.17, 15) is 18.8 Å². The Labute approximate surface area is 219 Å². The fraction of sp³-hybridized carbons (Fsp3) is 0.357. The van der Waals surface area contributed by atoms with E-state index in [1.807, 2.05) is 23.7 Å². The van der Waals surface area contributed by atoms with Crippen molar-refractivity contribution < 1.29 is 23.5 Å². The van der Waals surface area contributed by atoms with Crippen LogP contribution in [-0.2, 0) is 11.2 Å². The predicted molar refractivity (Wildman–Crippen MR) is 138 cm³/mol. The van der Waals surface area contributed by atoms with Crippen molar-refractivity contribution in [3.63, 3.8) is 0 Å². The smallest absolute Gasteiger partial charge is 0.249 e. The normalized spacial score (nSPS) is 15.2. The summed E-state index contributed by atoms with van der Waals surface area (Å²) in [6.07, 6.45) is 4.63. The minimum atomic E-state index is -0.714. The van der Waals surface area contributed by atoms with Gasteiger partial charge in [0.1, 0.15) is 17.4 Å². The standard InChI is InChI=1S/C28H28ClF2N3O3/c1-37-21-8-9-26-23(17-21)22(24(29)18-32-26)5-2-10-28(27(35)33-36)11-14-34(15-12-28)13-3-4-19-6-7-20(30)16-25(19)31/h6-9,16-18,36H,2,5,10-15H2,1H3,(H,33,35). The van der Waals surface area contributed by atoms with Gasteiger partial charge in [0.15, 0.2) is 0 Å². The fourth-order valence-electron chi connectivity index (χ4n) is 4.87. The van der Waals surface area contributed by atoms with Gasteiger partial charge < -0.3 is 4.74 Å². The summed E-state index contributed by atoms with van der Waals surface area (Å²) < 4.78 is 32.2. The molecule has 0 saturated carbocycles. The predicted octanol–water partition coefficient (Wildman–Crippen LogP) is 5.14. The average Bonchev–Trinajstić information content (AvgIpc) is 2.91. The highest BCUT2D eigenvalue weighted by molar-refractivity contribution is 6.32. The summed E-state index contributed by atoms with van der Waals surface area (Å²) in [5, 5.41) is 10.9. The molecule has 2 heterocycles. The third-order valence-corrected chi connectivity index (χ3v) is 7.40. The van der Waals surface area contributed by atoms with Crippen LogP contribution in [0.1, 0.15) is 36.8 Å². The Kier molecular flexibility index (Phi) is 8.59. The van der Waals surface area contributed by atoms with E-state index in [1.165, 1.54) is 12.1 Å². The molecule has 9 heteroatoms. The van der Waals surface area contributed by atoms with Gasteiger partial charge in [0.05, 0.1) is 35.2 Å². The van der Waals surface area contributed by atoms with Crippen molar-refractivity contribution in [2.45, 2.75) is 32.1 Å². The zero-order chi connectivity index (χ0) is 26.4. The number of benzene rings is 2. The second-order valence-electron chi connectivity index (χ2n) is 9.24. The van der Waals surface area contributed by atoms with E-state index in [4.69, 9.17) is 16.3 Å². The highest BCUT2D eigenvalue weighted by atomic mass is 35.5. The summed E-state index contributed by atoms with van der Waals surface area (Å²) in [5.41, 5.74) is 3.06. The molecule has 0 radical (unpaired) electrons. The Morgan fingerprint density at radius 1 is 1.24 bits per heavy atom. The van der Waals surface area contributed by atoms with Crippen molar-refractivity contribution >= 4 is 28.4 Å². The summed E-state index contributed by atoms with van der Waals surface area (Å²) in [4.78, 5) is 19.2. The van der Waals surface area contributed by atoms with Crippen LogP contribution in [0.5, 0.6) is 5.75 Å². The Balaban J connectivity index is 1.40. The maximum absolute atomic E-state index is 13.8. The number of rotatable bonds is 7. The number of methoxy groups -OCH3 is 1. The van der Waals surface area contributed by atoms with Crippen LogP contribution in [0, 0.1) is 28.9 Å². The Morgan fingerprint density at radius 2 is 2.03 bits per heavy atom. The molecule has 194 valence electrons. The quantitative estimate of drug-likeness (QED) is 0.253. The average molecular weight is 528 g/mol. The lowest BCUT2D eigenvalue weighted by molar-refractivity contribution is -0.143. The van der Waals surface area contributed by atoms with Crippen molar-refractivity contribution in [3.05, 3.63) is 70.4 Å². The van der Waals surface area contributed by atoms with Crippen molar-refractivity contribution in [1.29, 1.82) is 0 Å². The number of hydrogen-bond donors (Lipinski definition) is 2. The number of likely N-dealkylation sites (tertiary alicyclic amines) is 1. The van der Waals surface area contributed by atoms with Crippen LogP contribution in [0.25, 0.3) is 10.9 Å². The number of carbonyl (C=O) groups excluding carboxylic acids is 1. The maximum Gasteiger partial charge on any atom is 0.249 e. The minimum absolute atomic E-state index is 0.146. The van der Waals surface area contributed by atoms with E-state index >= 15 is 0 Å². The number of ether oxygens (including phenoxy) is 1. The molecule has 2 aromatic carbocycles. The van der Waals surface area contributed by atoms with Gasteiger partial charge in [0.25, 0.3) is 0 Å². The summed E-state index contributed by atoms with van der Waals surface area (Å²) in [6, 6.07) is 8.95. The lowest BCUT2D eigenvalue weighted by atomic mass is 9.73. The van der Waals surface area contributed by atoms with Gasteiger partial charge in [-0.1, -0.05) is 23.4 Å². The van der Waals surface area contributed by atoms with E-state index < -0.39 is 17.0 Å². The largest absolute Gasteiger partial charge is 0.497 e. The minimum Gasteiger partial charge on any atom is -0.497 e. The Bertz CT molecular complexity index is 1350. The van der Waals surface area contributed by atoms with E-state index in [0.29, 0.717) is 62.5 Å². The zero-order valence-electron chi connectivity index (χ0n) is 20.5. The molecule has 1 amide bonds. The number of aromatic nitrogens is 1. The summed E-state index contributed by atoms with van der Waals surface area (Å²) in [7, 11) is 1.61. The first kappa shape index (κ1) is 26.8. The number of nitrogens with zero attached hydrogens (tertiary/aromatic N) is 2. The molecule has 0 aliphatic carbocycles. The second kappa shape index (κ2) is 11.9. The van der Waals surface area contributed by atoms with Crippen molar-refractivity contribution in [3.8, 4) is 17.6 Å². The molecule has 37 heavy (non-hydrogen) atoms. The van der Waals surface area contributed by atoms with Gasteiger partial charge in [-0.25, -0.2) is 14.3 Å². The first-order valence-corrected chi connectivity index (χ1v) is 12.4. The number of halogens is 3. The lowest BCUT2D eigenvalue weighted by Crippen LogP contribution is -2.48. The van der Waals surface area contributed by atoms with Crippen LogP contribution in [-0.4, -0.2) is 47.7 Å². The molecule has 4 rings (SSSR count). The van der Waals surface area contributed by atoms with E-state index in [0.717, 1.165) is 22.5 Å². The number of nitrogens with one attached hydrogen (secondary N) is 1. The van der Waals surface area contributed by atoms with Crippen molar-refractivity contribution in [2.75, 3.05) is 26.7 Å². The van der Waals surface area contributed by atoms with Gasteiger partial charge in [0.2, 0.25) is 5.91 Å². The molecule has 1 aliphatic rings. The molecule has 1 fully saturated rings. The molecule has 1 aliphatic heterocycles. The van der Waals surface area contributed by atoms with Gasteiger partial charge in [-0.15, -0.1) is 0 Å². The molecular formula is C28H28ClF2N3O3. The number of pyridine rings is 1. The summed E-state index contributed by atoms with van der Waals surface area (Å²) in [5.74, 6) is 4.67. The summed E-state index contributed by atoms with van der Waals surface area (Å²) in [6.45, 7) is 1.60. The van der Waals surface area contributed by atoms with Gasteiger partial charge in [-0.2, -0.15) is 0 Å². The van der Waals surface area contributed by atoms with Crippen LogP contribution in [0.4, 0.5) is 8.78 Å². The van der Waals surface area contributed by atoms with Gasteiger partial charge in [-0.3, -0.25) is 19.9 Å². The molecule has 1 saturated heterocycles. The number of aryl methyl sites for hydroxylation is 1. The van der Waals surface area contributed by atoms with Crippen LogP contribution in [0.2, 0.25) is 5.02 Å². The Morgan fingerprint density at radius 3 is 2.73 bits per heavy atom. The second-order valence-corrected chi connectivity index (χ2v) is 9.65. The van der Waals surface area contributed by atoms with Crippen LogP contribution in [0.15, 0.2) is 42.6 Å². The lowest BCUT2D eigenvalue weighted by Gasteiger charge is -2.39. The first-order chi connectivity index (χ1) is 17.8. The summed E-state index contributed by atoms with van der Waals surface area (Å²) >= 11 is 6.49. The third kappa shape index (κ3) is 6.19. The molecule has 2 N–H and O–H groups in total. The molecule has 3 aromatic rings. The molecule has 6 nitrogen and oxygen atoms in total. The molecule has 0 bridgehead atoms. The maximum atomic E-state index is 13.8. The molecular weight excluding hydrogens is 500 g/mol. The molecule has 0 atom stereocenters. The highest BCUT2D eigenvalue weighted by Gasteiger charge is 2.40. The van der Waals surface area contributed by atoms with Crippen LogP contribution >= 0.6 is 11.6 Å². The monoisotopic (exact) mass is 527 g/mol. The highest BCUT2D eigenvalue weighted by Crippen LogP contribution is 2.38.